The SMILES string of the molecule is O=C(NN1C(=O)/C(=C\c2cc(I)cc(I)c2OCc2ccccc2)SC1=S)c1cccs1. The Bertz CT molecular complexity index is 1210. The molecule has 0 atom stereocenters. The number of rotatable bonds is 6. The number of thioether (sulfide) groups is 1. The molecule has 1 aliphatic heterocycles. The fourth-order valence-corrected chi connectivity index (χ4v) is 6.67. The summed E-state index contributed by atoms with van der Waals surface area (Å²) in [6, 6.07) is 17.3. The van der Waals surface area contributed by atoms with Gasteiger partial charge in [-0.15, -0.1) is 11.3 Å². The number of thiocarbonyl (C=S) groups is 1. The second-order valence-corrected chi connectivity index (χ2v) is 11.5. The van der Waals surface area contributed by atoms with Gasteiger partial charge in [0.25, 0.3) is 11.8 Å². The zero-order valence-corrected chi connectivity index (χ0v) is 23.0. The lowest BCUT2D eigenvalue weighted by Crippen LogP contribution is -2.44. The van der Waals surface area contributed by atoms with Crippen LogP contribution in [0.4, 0.5) is 0 Å². The van der Waals surface area contributed by atoms with Crippen molar-refractivity contribution in [3.63, 3.8) is 0 Å². The van der Waals surface area contributed by atoms with Crippen LogP contribution in [0.15, 0.2) is 64.9 Å². The van der Waals surface area contributed by atoms with E-state index in [0.717, 1.165) is 35.0 Å². The van der Waals surface area contributed by atoms with Crippen molar-refractivity contribution in [2.75, 3.05) is 0 Å². The number of hydrogen-bond donors (Lipinski definition) is 1. The molecular weight excluding hydrogens is 690 g/mol. The Morgan fingerprint density at radius 3 is 2.66 bits per heavy atom. The Morgan fingerprint density at radius 2 is 1.94 bits per heavy atom. The molecule has 2 heterocycles. The zero-order valence-electron chi connectivity index (χ0n) is 16.2. The Hall–Kier alpha value is -1.48. The van der Waals surface area contributed by atoms with Gasteiger partial charge in [-0.2, -0.15) is 5.01 Å². The summed E-state index contributed by atoms with van der Waals surface area (Å²) in [5.74, 6) is -0.0382. The Balaban J connectivity index is 1.58. The first kappa shape index (κ1) is 23.7. The van der Waals surface area contributed by atoms with E-state index in [0.29, 0.717) is 22.1 Å². The van der Waals surface area contributed by atoms with Crippen LogP contribution in [0.25, 0.3) is 6.08 Å². The predicted octanol–water partition coefficient (Wildman–Crippen LogP) is 6.08. The molecule has 0 aliphatic carbocycles. The molecule has 0 bridgehead atoms. The molecule has 32 heavy (non-hydrogen) atoms. The lowest BCUT2D eigenvalue weighted by Gasteiger charge is -2.15. The van der Waals surface area contributed by atoms with Gasteiger partial charge in [-0.3, -0.25) is 15.0 Å². The van der Waals surface area contributed by atoms with Crippen molar-refractivity contribution in [3.8, 4) is 5.75 Å². The molecule has 0 spiro atoms. The minimum Gasteiger partial charge on any atom is -0.487 e. The number of hydrazine groups is 1. The van der Waals surface area contributed by atoms with Crippen molar-refractivity contribution in [1.29, 1.82) is 0 Å². The highest BCUT2D eigenvalue weighted by atomic mass is 127. The molecule has 3 aromatic rings. The van der Waals surface area contributed by atoms with Gasteiger partial charge in [0.15, 0.2) is 4.32 Å². The van der Waals surface area contributed by atoms with E-state index in [2.05, 4.69) is 50.6 Å². The molecule has 5 nitrogen and oxygen atoms in total. The molecule has 1 aromatic heterocycles. The van der Waals surface area contributed by atoms with E-state index in [9.17, 15) is 9.59 Å². The first-order chi connectivity index (χ1) is 15.4. The van der Waals surface area contributed by atoms with E-state index in [1.54, 1.807) is 23.6 Å². The molecule has 4 rings (SSSR count). The van der Waals surface area contributed by atoms with Gasteiger partial charge in [-0.05, 0) is 92.6 Å². The van der Waals surface area contributed by atoms with E-state index in [1.165, 1.54) is 11.3 Å². The lowest BCUT2D eigenvalue weighted by atomic mass is 10.1. The Kier molecular flexibility index (Phi) is 7.87. The van der Waals surface area contributed by atoms with Gasteiger partial charge in [0.2, 0.25) is 0 Å². The normalized spacial score (nSPS) is 14.8. The van der Waals surface area contributed by atoms with Crippen molar-refractivity contribution in [3.05, 3.63) is 88.0 Å². The molecule has 162 valence electrons. The van der Waals surface area contributed by atoms with Gasteiger partial charge in [0.1, 0.15) is 12.4 Å². The summed E-state index contributed by atoms with van der Waals surface area (Å²) in [6.07, 6.45) is 1.77. The number of carbonyl (C=O) groups excluding carboxylic acids is 2. The van der Waals surface area contributed by atoms with Gasteiger partial charge in [-0.25, -0.2) is 0 Å². The van der Waals surface area contributed by atoms with Crippen LogP contribution < -0.4 is 10.2 Å². The largest absolute Gasteiger partial charge is 0.487 e. The number of carbonyl (C=O) groups is 2. The summed E-state index contributed by atoms with van der Waals surface area (Å²) in [7, 11) is 0. The van der Waals surface area contributed by atoms with E-state index < -0.39 is 0 Å². The van der Waals surface area contributed by atoms with E-state index in [1.807, 2.05) is 42.5 Å². The fourth-order valence-electron chi connectivity index (χ4n) is 2.84. The van der Waals surface area contributed by atoms with Gasteiger partial charge >= 0.3 is 0 Å². The van der Waals surface area contributed by atoms with Crippen LogP contribution in [0.1, 0.15) is 20.8 Å². The Labute approximate surface area is 225 Å². The minimum atomic E-state index is -0.368. The van der Waals surface area contributed by atoms with Gasteiger partial charge in [0, 0.05) is 9.13 Å². The number of nitrogens with zero attached hydrogens (tertiary/aromatic N) is 1. The van der Waals surface area contributed by atoms with Crippen LogP contribution in [-0.2, 0) is 11.4 Å². The van der Waals surface area contributed by atoms with Gasteiger partial charge < -0.3 is 4.74 Å². The van der Waals surface area contributed by atoms with Crippen LogP contribution in [0.5, 0.6) is 5.75 Å². The maximum Gasteiger partial charge on any atom is 0.285 e. The number of halogens is 2. The summed E-state index contributed by atoms with van der Waals surface area (Å²) in [4.78, 5) is 26.3. The van der Waals surface area contributed by atoms with Crippen LogP contribution in [0, 0.1) is 7.14 Å². The zero-order chi connectivity index (χ0) is 22.7. The average Bonchev–Trinajstić information content (AvgIpc) is 3.39. The summed E-state index contributed by atoms with van der Waals surface area (Å²) in [5.41, 5.74) is 4.43. The van der Waals surface area contributed by atoms with Crippen LogP contribution in [-0.4, -0.2) is 21.1 Å². The quantitative estimate of drug-likeness (QED) is 0.192. The second kappa shape index (κ2) is 10.6. The Morgan fingerprint density at radius 1 is 1.16 bits per heavy atom. The van der Waals surface area contributed by atoms with Crippen molar-refractivity contribution in [2.45, 2.75) is 6.61 Å². The van der Waals surface area contributed by atoms with Gasteiger partial charge in [0.05, 0.1) is 13.4 Å². The number of thiophene rings is 1. The molecule has 10 heteroatoms. The molecule has 1 aliphatic rings. The second-order valence-electron chi connectivity index (χ2n) is 6.52. The van der Waals surface area contributed by atoms with Crippen LogP contribution in [0.2, 0.25) is 0 Å². The molecule has 2 amide bonds. The van der Waals surface area contributed by atoms with Crippen molar-refractivity contribution in [1.82, 2.24) is 10.4 Å². The van der Waals surface area contributed by atoms with Crippen molar-refractivity contribution < 1.29 is 14.3 Å². The molecule has 0 unspecified atom stereocenters. The monoisotopic (exact) mass is 704 g/mol. The number of ether oxygens (including phenoxy) is 1. The first-order valence-electron chi connectivity index (χ1n) is 9.20. The highest BCUT2D eigenvalue weighted by Crippen LogP contribution is 2.36. The summed E-state index contributed by atoms with van der Waals surface area (Å²) >= 11 is 12.3. The predicted molar refractivity (Wildman–Crippen MR) is 149 cm³/mol. The van der Waals surface area contributed by atoms with Gasteiger partial charge in [-0.1, -0.05) is 48.2 Å². The van der Waals surface area contributed by atoms with E-state index >= 15 is 0 Å². The van der Waals surface area contributed by atoms with Crippen molar-refractivity contribution in [2.24, 2.45) is 0 Å². The smallest absolute Gasteiger partial charge is 0.285 e. The number of amides is 2. The highest BCUT2D eigenvalue weighted by Gasteiger charge is 2.34. The highest BCUT2D eigenvalue weighted by molar-refractivity contribution is 14.1. The fraction of sp³-hybridized carbons (Fsp3) is 0.0455. The third-order valence-corrected chi connectivity index (χ3v) is 7.90. The molecule has 1 N–H and O–H groups in total. The molecule has 0 saturated carbocycles. The minimum absolute atomic E-state index is 0.276. The molecule has 0 radical (unpaired) electrons. The average molecular weight is 704 g/mol. The number of hydrogen-bond acceptors (Lipinski definition) is 6. The molecule has 1 fully saturated rings. The number of benzene rings is 2. The summed E-state index contributed by atoms with van der Waals surface area (Å²) in [6.45, 7) is 0.413. The van der Waals surface area contributed by atoms with Crippen LogP contribution in [0.3, 0.4) is 0 Å². The van der Waals surface area contributed by atoms with E-state index in [-0.39, 0.29) is 16.1 Å². The van der Waals surface area contributed by atoms with Crippen molar-refractivity contribution >= 4 is 103 Å². The summed E-state index contributed by atoms with van der Waals surface area (Å²) in [5, 5.41) is 2.92. The molecule has 2 aromatic carbocycles. The third kappa shape index (κ3) is 5.53. The first-order valence-corrected chi connectivity index (χ1v) is 13.5. The topological polar surface area (TPSA) is 58.6 Å². The maximum atomic E-state index is 13.0. The number of nitrogens with one attached hydrogen (secondary N) is 1. The van der Waals surface area contributed by atoms with E-state index in [4.69, 9.17) is 17.0 Å². The third-order valence-electron chi connectivity index (χ3n) is 4.30. The molecule has 1 saturated heterocycles. The standard InChI is InChI=1S/C22H14I2N2O3S3/c23-15-9-14(19(16(24)11-15)29-12-13-5-2-1-3-6-13)10-18-21(28)26(22(30)32-18)25-20(27)17-7-4-8-31-17/h1-11H,12H2,(H,25,27)/b18-10+. The summed E-state index contributed by atoms with van der Waals surface area (Å²) < 4.78 is 8.37. The molecular formula is C22H14I2N2O3S3. The maximum absolute atomic E-state index is 13.0. The lowest BCUT2D eigenvalue weighted by molar-refractivity contribution is -0.123. The van der Waals surface area contributed by atoms with Crippen LogP contribution >= 0.6 is 80.5 Å².